The monoisotopic (exact) mass is 378 g/mol. The van der Waals surface area contributed by atoms with Crippen LogP contribution in [-0.4, -0.2) is 49.1 Å². The van der Waals surface area contributed by atoms with E-state index in [2.05, 4.69) is 26.1 Å². The fourth-order valence-corrected chi connectivity index (χ4v) is 4.87. The van der Waals surface area contributed by atoms with Crippen molar-refractivity contribution in [2.24, 2.45) is 11.3 Å². The number of nitrogens with zero attached hydrogens (tertiary/aromatic N) is 1. The summed E-state index contributed by atoms with van der Waals surface area (Å²) in [5, 5.41) is 2.88. The minimum absolute atomic E-state index is 0.0317. The van der Waals surface area contributed by atoms with Gasteiger partial charge in [0.25, 0.3) is 5.91 Å². The standard InChI is InChI=1S/C20H30N2O3S/c1-13(19(24)22-7-9-25-10-8-22)21-18(23)17-12-14-11-15(20(2,3)4)5-6-16(14)26-17/h12-13,15H,5-11H2,1-4H3,(H,21,23). The molecule has 0 saturated carbocycles. The molecule has 0 bridgehead atoms. The number of nitrogens with one attached hydrogen (secondary N) is 1. The van der Waals surface area contributed by atoms with Gasteiger partial charge >= 0.3 is 0 Å². The zero-order valence-electron chi connectivity index (χ0n) is 16.3. The molecule has 0 aromatic carbocycles. The highest BCUT2D eigenvalue weighted by Crippen LogP contribution is 2.40. The van der Waals surface area contributed by atoms with Crippen LogP contribution >= 0.6 is 11.3 Å². The number of carbonyl (C=O) groups is 2. The fourth-order valence-electron chi connectivity index (χ4n) is 3.76. The van der Waals surface area contributed by atoms with Crippen LogP contribution in [0, 0.1) is 11.3 Å². The molecular formula is C20H30N2O3S. The molecule has 144 valence electrons. The molecule has 5 nitrogen and oxygen atoms in total. The third kappa shape index (κ3) is 4.29. The zero-order valence-corrected chi connectivity index (χ0v) is 17.1. The Bertz CT molecular complexity index is 671. The van der Waals surface area contributed by atoms with Gasteiger partial charge in [-0.2, -0.15) is 0 Å². The quantitative estimate of drug-likeness (QED) is 0.880. The number of aryl methyl sites for hydroxylation is 1. The van der Waals surface area contributed by atoms with Crippen molar-refractivity contribution in [2.75, 3.05) is 26.3 Å². The Morgan fingerprint density at radius 3 is 2.65 bits per heavy atom. The maximum Gasteiger partial charge on any atom is 0.262 e. The molecule has 0 spiro atoms. The summed E-state index contributed by atoms with van der Waals surface area (Å²) < 4.78 is 5.28. The second-order valence-corrected chi connectivity index (χ2v) is 9.63. The second-order valence-electron chi connectivity index (χ2n) is 8.50. The van der Waals surface area contributed by atoms with Crippen LogP contribution in [0.3, 0.4) is 0 Å². The van der Waals surface area contributed by atoms with Gasteiger partial charge in [0.1, 0.15) is 6.04 Å². The number of carbonyl (C=O) groups excluding carboxylic acids is 2. The largest absolute Gasteiger partial charge is 0.378 e. The van der Waals surface area contributed by atoms with E-state index in [4.69, 9.17) is 4.74 Å². The van der Waals surface area contributed by atoms with Gasteiger partial charge in [-0.3, -0.25) is 9.59 Å². The number of morpholine rings is 1. The number of hydrogen-bond donors (Lipinski definition) is 1. The van der Waals surface area contributed by atoms with E-state index >= 15 is 0 Å². The molecule has 6 heteroatoms. The molecule has 2 aliphatic rings. The Labute approximate surface area is 160 Å². The molecule has 0 radical (unpaired) electrons. The van der Waals surface area contributed by atoms with Crippen LogP contribution < -0.4 is 5.32 Å². The first-order chi connectivity index (χ1) is 12.3. The van der Waals surface area contributed by atoms with Crippen molar-refractivity contribution >= 4 is 23.2 Å². The molecule has 1 aromatic rings. The molecule has 1 saturated heterocycles. The Morgan fingerprint density at radius 2 is 2.00 bits per heavy atom. The fraction of sp³-hybridized carbons (Fsp3) is 0.700. The molecule has 3 rings (SSSR count). The van der Waals surface area contributed by atoms with E-state index in [-0.39, 0.29) is 11.8 Å². The van der Waals surface area contributed by atoms with Crippen LogP contribution in [0.15, 0.2) is 6.07 Å². The molecular weight excluding hydrogens is 348 g/mol. The number of hydrogen-bond acceptors (Lipinski definition) is 4. The molecule has 2 atom stereocenters. The van der Waals surface area contributed by atoms with Gasteiger partial charge in [-0.05, 0) is 49.1 Å². The van der Waals surface area contributed by atoms with E-state index in [9.17, 15) is 9.59 Å². The first kappa shape index (κ1) is 19.4. The van der Waals surface area contributed by atoms with Crippen LogP contribution in [0.5, 0.6) is 0 Å². The molecule has 1 aliphatic heterocycles. The predicted octanol–water partition coefficient (Wildman–Crippen LogP) is 2.88. The van der Waals surface area contributed by atoms with Gasteiger partial charge in [-0.1, -0.05) is 20.8 Å². The minimum atomic E-state index is -0.512. The third-order valence-electron chi connectivity index (χ3n) is 5.57. The molecule has 2 amide bonds. The first-order valence-electron chi connectivity index (χ1n) is 9.54. The smallest absolute Gasteiger partial charge is 0.262 e. The lowest BCUT2D eigenvalue weighted by Gasteiger charge is -2.33. The topological polar surface area (TPSA) is 58.6 Å². The molecule has 1 aromatic heterocycles. The second kappa shape index (κ2) is 7.69. The maximum absolute atomic E-state index is 12.6. The van der Waals surface area contributed by atoms with Crippen molar-refractivity contribution in [3.63, 3.8) is 0 Å². The predicted molar refractivity (Wildman–Crippen MR) is 104 cm³/mol. The maximum atomic E-state index is 12.6. The molecule has 2 unspecified atom stereocenters. The van der Waals surface area contributed by atoms with Crippen molar-refractivity contribution in [3.8, 4) is 0 Å². The van der Waals surface area contributed by atoms with Crippen LogP contribution in [0.1, 0.15) is 54.2 Å². The SMILES string of the molecule is CC(NC(=O)c1cc2c(s1)CCC(C(C)(C)C)C2)C(=O)N1CCOCC1. The summed E-state index contributed by atoms with van der Waals surface area (Å²) in [5.74, 6) is 0.490. The van der Waals surface area contributed by atoms with Crippen LogP contribution in [-0.2, 0) is 22.4 Å². The molecule has 1 fully saturated rings. The van der Waals surface area contributed by atoms with E-state index in [1.54, 1.807) is 23.2 Å². The van der Waals surface area contributed by atoms with Crippen molar-refractivity contribution in [2.45, 2.75) is 53.0 Å². The van der Waals surface area contributed by atoms with Gasteiger partial charge in [0, 0.05) is 18.0 Å². The number of fused-ring (bicyclic) bond motifs is 1. The lowest BCUT2D eigenvalue weighted by atomic mass is 9.72. The van der Waals surface area contributed by atoms with E-state index < -0.39 is 6.04 Å². The van der Waals surface area contributed by atoms with Gasteiger partial charge < -0.3 is 15.0 Å². The Hall–Kier alpha value is -1.40. The molecule has 26 heavy (non-hydrogen) atoms. The van der Waals surface area contributed by atoms with Gasteiger partial charge in [-0.15, -0.1) is 11.3 Å². The third-order valence-corrected chi connectivity index (χ3v) is 6.81. The van der Waals surface area contributed by atoms with E-state index in [0.29, 0.717) is 37.6 Å². The number of amides is 2. The van der Waals surface area contributed by atoms with Crippen molar-refractivity contribution in [1.82, 2.24) is 10.2 Å². The van der Waals surface area contributed by atoms with E-state index in [1.165, 1.54) is 16.9 Å². The Balaban J connectivity index is 1.62. The first-order valence-corrected chi connectivity index (χ1v) is 10.4. The summed E-state index contributed by atoms with van der Waals surface area (Å²) >= 11 is 1.59. The molecule has 1 aliphatic carbocycles. The normalized spacial score (nSPS) is 21.8. The van der Waals surface area contributed by atoms with Crippen molar-refractivity contribution in [3.05, 3.63) is 21.4 Å². The highest BCUT2D eigenvalue weighted by atomic mass is 32.1. The van der Waals surface area contributed by atoms with Crippen molar-refractivity contribution < 1.29 is 14.3 Å². The van der Waals surface area contributed by atoms with Gasteiger partial charge in [-0.25, -0.2) is 0 Å². The number of thiophene rings is 1. The summed E-state index contributed by atoms with van der Waals surface area (Å²) in [6.45, 7) is 11.0. The average Bonchev–Trinajstić information content (AvgIpc) is 3.04. The highest BCUT2D eigenvalue weighted by Gasteiger charge is 2.31. The molecule has 1 N–H and O–H groups in total. The summed E-state index contributed by atoms with van der Waals surface area (Å²) in [6.07, 6.45) is 3.28. The zero-order chi connectivity index (χ0) is 18.9. The lowest BCUT2D eigenvalue weighted by molar-refractivity contribution is -0.136. The summed E-state index contributed by atoms with van der Waals surface area (Å²) in [4.78, 5) is 28.9. The highest BCUT2D eigenvalue weighted by molar-refractivity contribution is 7.14. The summed E-state index contributed by atoms with van der Waals surface area (Å²) in [6, 6.07) is 1.53. The number of ether oxygens (including phenoxy) is 1. The van der Waals surface area contributed by atoms with Crippen molar-refractivity contribution in [1.29, 1.82) is 0 Å². The van der Waals surface area contributed by atoms with E-state index in [1.807, 2.05) is 6.07 Å². The lowest BCUT2D eigenvalue weighted by Crippen LogP contribution is -2.50. The van der Waals surface area contributed by atoms with Gasteiger partial charge in [0.05, 0.1) is 18.1 Å². The summed E-state index contributed by atoms with van der Waals surface area (Å²) in [5.41, 5.74) is 1.61. The Kier molecular flexibility index (Phi) is 5.72. The number of rotatable bonds is 3. The average molecular weight is 379 g/mol. The minimum Gasteiger partial charge on any atom is -0.378 e. The van der Waals surface area contributed by atoms with Crippen LogP contribution in [0.25, 0.3) is 0 Å². The van der Waals surface area contributed by atoms with Gasteiger partial charge in [0.2, 0.25) is 5.91 Å². The molecule has 2 heterocycles. The van der Waals surface area contributed by atoms with Crippen LogP contribution in [0.4, 0.5) is 0 Å². The summed E-state index contributed by atoms with van der Waals surface area (Å²) in [7, 11) is 0. The Morgan fingerprint density at radius 1 is 1.31 bits per heavy atom. The van der Waals surface area contributed by atoms with Crippen LogP contribution in [0.2, 0.25) is 0 Å². The van der Waals surface area contributed by atoms with E-state index in [0.717, 1.165) is 17.7 Å². The van der Waals surface area contributed by atoms with Gasteiger partial charge in [0.15, 0.2) is 0 Å².